The van der Waals surface area contributed by atoms with Gasteiger partial charge in [-0.1, -0.05) is 0 Å². The molecule has 0 saturated heterocycles. The molecule has 0 saturated carbocycles. The van der Waals surface area contributed by atoms with Gasteiger partial charge in [0.2, 0.25) is 0 Å². The number of benzene rings is 4. The first-order valence-electron chi connectivity index (χ1n) is 12.9. The predicted molar refractivity (Wildman–Crippen MR) is 160 cm³/mol. The zero-order valence-electron chi connectivity index (χ0n) is 22.8. The minimum atomic E-state index is -0.346. The number of urea groups is 2. The van der Waals surface area contributed by atoms with E-state index in [-0.39, 0.29) is 12.1 Å². The van der Waals surface area contributed by atoms with Gasteiger partial charge in [-0.2, -0.15) is 0 Å². The molecule has 10 heteroatoms. The lowest BCUT2D eigenvalue weighted by atomic mass is 10.3. The maximum absolute atomic E-state index is 12.2. The fraction of sp³-hybridized carbons (Fsp3) is 0.161. The van der Waals surface area contributed by atoms with Crippen LogP contribution in [-0.4, -0.2) is 39.5 Å². The van der Waals surface area contributed by atoms with Crippen molar-refractivity contribution < 1.29 is 28.5 Å². The van der Waals surface area contributed by atoms with Crippen LogP contribution in [0, 0.1) is 0 Å². The van der Waals surface area contributed by atoms with E-state index in [1.54, 1.807) is 111 Å². The van der Waals surface area contributed by atoms with E-state index < -0.39 is 0 Å². The lowest BCUT2D eigenvalue weighted by Gasteiger charge is -2.11. The van der Waals surface area contributed by atoms with Crippen LogP contribution in [0.5, 0.6) is 23.0 Å². The normalized spacial score (nSPS) is 10.2. The molecule has 0 radical (unpaired) electrons. The lowest BCUT2D eigenvalue weighted by molar-refractivity contribution is 0.247. The summed E-state index contributed by atoms with van der Waals surface area (Å²) in [6, 6.07) is 27.7. The molecule has 0 spiro atoms. The van der Waals surface area contributed by atoms with Crippen LogP contribution in [0.2, 0.25) is 0 Å². The molecule has 0 aliphatic carbocycles. The van der Waals surface area contributed by atoms with Crippen molar-refractivity contribution >= 4 is 34.8 Å². The van der Waals surface area contributed by atoms with Crippen LogP contribution in [0.15, 0.2) is 97.1 Å². The van der Waals surface area contributed by atoms with E-state index in [0.717, 1.165) is 0 Å². The number of ether oxygens (including phenoxy) is 4. The summed E-state index contributed by atoms with van der Waals surface area (Å²) >= 11 is 0. The fourth-order valence-corrected chi connectivity index (χ4v) is 3.64. The van der Waals surface area contributed by atoms with Crippen LogP contribution >= 0.6 is 0 Å². The highest BCUT2D eigenvalue weighted by atomic mass is 16.5. The largest absolute Gasteiger partial charge is 0.497 e. The first-order valence-corrected chi connectivity index (χ1v) is 12.9. The molecular weight excluding hydrogens is 524 g/mol. The molecule has 0 fully saturated rings. The first kappa shape index (κ1) is 28.6. The highest BCUT2D eigenvalue weighted by Gasteiger charge is 2.05. The lowest BCUT2D eigenvalue weighted by Crippen LogP contribution is -2.19. The van der Waals surface area contributed by atoms with E-state index in [9.17, 15) is 9.59 Å². The molecule has 4 aromatic rings. The molecule has 10 nitrogen and oxygen atoms in total. The van der Waals surface area contributed by atoms with E-state index in [0.29, 0.717) is 65.4 Å². The molecule has 4 rings (SSSR count). The van der Waals surface area contributed by atoms with Crippen molar-refractivity contribution in [3.05, 3.63) is 97.1 Å². The predicted octanol–water partition coefficient (Wildman–Crippen LogP) is 6.84. The quantitative estimate of drug-likeness (QED) is 0.142. The van der Waals surface area contributed by atoms with Gasteiger partial charge < -0.3 is 40.2 Å². The van der Waals surface area contributed by atoms with E-state index in [2.05, 4.69) is 21.3 Å². The van der Waals surface area contributed by atoms with Crippen LogP contribution in [0.3, 0.4) is 0 Å². The third-order valence-corrected chi connectivity index (χ3v) is 5.75. The van der Waals surface area contributed by atoms with Gasteiger partial charge in [0.05, 0.1) is 27.4 Å². The summed E-state index contributed by atoms with van der Waals surface area (Å²) in [4.78, 5) is 24.4. The average Bonchev–Trinajstić information content (AvgIpc) is 2.99. The molecule has 212 valence electrons. The van der Waals surface area contributed by atoms with Crippen molar-refractivity contribution in [2.24, 2.45) is 0 Å². The highest BCUT2D eigenvalue weighted by Crippen LogP contribution is 2.20. The summed E-state index contributed by atoms with van der Waals surface area (Å²) in [6.07, 6.45) is 0.675. The van der Waals surface area contributed by atoms with Crippen molar-refractivity contribution in [2.45, 2.75) is 6.42 Å². The van der Waals surface area contributed by atoms with Crippen molar-refractivity contribution in [3.63, 3.8) is 0 Å². The van der Waals surface area contributed by atoms with Crippen molar-refractivity contribution in [3.8, 4) is 23.0 Å². The minimum absolute atomic E-state index is 0.346. The summed E-state index contributed by atoms with van der Waals surface area (Å²) < 4.78 is 21.8. The summed E-state index contributed by atoms with van der Waals surface area (Å²) in [5, 5.41) is 11.1. The van der Waals surface area contributed by atoms with Gasteiger partial charge in [0, 0.05) is 29.2 Å². The SMILES string of the molecule is COc1ccc(NC(=O)Nc2ccc(OCCCOc3ccc(NC(=O)Nc4ccc(OC)cc4)cc3)cc2)cc1. The average molecular weight is 557 g/mol. The third-order valence-electron chi connectivity index (χ3n) is 5.75. The number of nitrogens with one attached hydrogen (secondary N) is 4. The smallest absolute Gasteiger partial charge is 0.323 e. The standard InChI is InChI=1S/C31H32N4O6/c1-38-26-12-4-22(5-13-26)32-30(36)34-24-8-16-28(17-9-24)40-20-3-21-41-29-18-10-25(11-19-29)35-31(37)33-23-6-14-27(39-2)15-7-23/h4-19H,3,20-21H2,1-2H3,(H2,32,34,36)(H2,33,35,37). The van der Waals surface area contributed by atoms with Crippen molar-refractivity contribution in [1.29, 1.82) is 0 Å². The number of carbonyl (C=O) groups is 2. The van der Waals surface area contributed by atoms with E-state index in [1.807, 2.05) is 0 Å². The molecule has 0 aliphatic heterocycles. The van der Waals surface area contributed by atoms with Gasteiger partial charge in [0.15, 0.2) is 0 Å². The number of methoxy groups -OCH3 is 2. The van der Waals surface area contributed by atoms with Crippen LogP contribution in [0.4, 0.5) is 32.3 Å². The van der Waals surface area contributed by atoms with Crippen LogP contribution in [0.25, 0.3) is 0 Å². The second kappa shape index (κ2) is 14.7. The van der Waals surface area contributed by atoms with E-state index >= 15 is 0 Å². The minimum Gasteiger partial charge on any atom is -0.497 e. The maximum atomic E-state index is 12.2. The Labute approximate surface area is 238 Å². The Bertz CT molecular complexity index is 1280. The molecular formula is C31H32N4O6. The Morgan fingerprint density at radius 2 is 0.732 bits per heavy atom. The van der Waals surface area contributed by atoms with Crippen LogP contribution in [-0.2, 0) is 0 Å². The molecule has 0 heterocycles. The number of hydrogen-bond acceptors (Lipinski definition) is 6. The van der Waals surface area contributed by atoms with Crippen molar-refractivity contribution in [2.75, 3.05) is 48.7 Å². The zero-order chi connectivity index (χ0) is 28.9. The Hall–Kier alpha value is -5.38. The number of rotatable bonds is 12. The molecule has 4 amide bonds. The summed E-state index contributed by atoms with van der Waals surface area (Å²) in [7, 11) is 3.18. The molecule has 0 bridgehead atoms. The molecule has 0 unspecified atom stereocenters. The van der Waals surface area contributed by atoms with Gasteiger partial charge in [-0.05, 0) is 97.1 Å². The van der Waals surface area contributed by atoms with Gasteiger partial charge in [0.1, 0.15) is 23.0 Å². The van der Waals surface area contributed by atoms with Crippen LogP contribution in [0.1, 0.15) is 6.42 Å². The summed E-state index contributed by atoms with van der Waals surface area (Å²) in [6.45, 7) is 0.936. The van der Waals surface area contributed by atoms with Crippen LogP contribution < -0.4 is 40.2 Å². The summed E-state index contributed by atoms with van der Waals surface area (Å²) in [5.74, 6) is 2.81. The van der Waals surface area contributed by atoms with Gasteiger partial charge in [-0.3, -0.25) is 0 Å². The molecule has 4 aromatic carbocycles. The Morgan fingerprint density at radius 1 is 0.463 bits per heavy atom. The Balaban J connectivity index is 1.11. The van der Waals surface area contributed by atoms with E-state index in [1.165, 1.54) is 0 Å². The topological polar surface area (TPSA) is 119 Å². The Morgan fingerprint density at radius 3 is 1.00 bits per heavy atom. The monoisotopic (exact) mass is 556 g/mol. The van der Waals surface area contributed by atoms with Gasteiger partial charge in [-0.25, -0.2) is 9.59 Å². The summed E-state index contributed by atoms with van der Waals surface area (Å²) in [5.41, 5.74) is 2.60. The third kappa shape index (κ3) is 9.39. The maximum Gasteiger partial charge on any atom is 0.323 e. The fourth-order valence-electron chi connectivity index (χ4n) is 3.64. The first-order chi connectivity index (χ1) is 20.0. The number of hydrogen-bond donors (Lipinski definition) is 4. The molecule has 41 heavy (non-hydrogen) atoms. The van der Waals surface area contributed by atoms with Crippen molar-refractivity contribution in [1.82, 2.24) is 0 Å². The van der Waals surface area contributed by atoms with Gasteiger partial charge >= 0.3 is 12.1 Å². The highest BCUT2D eigenvalue weighted by molar-refractivity contribution is 6.00. The van der Waals surface area contributed by atoms with Gasteiger partial charge in [-0.15, -0.1) is 0 Å². The molecule has 0 aromatic heterocycles. The number of amides is 4. The molecule has 0 atom stereocenters. The van der Waals surface area contributed by atoms with Gasteiger partial charge in [0.25, 0.3) is 0 Å². The molecule has 4 N–H and O–H groups in total. The Kier molecular flexibility index (Phi) is 10.3. The van der Waals surface area contributed by atoms with E-state index in [4.69, 9.17) is 18.9 Å². The second-order valence-electron chi connectivity index (χ2n) is 8.71. The second-order valence-corrected chi connectivity index (χ2v) is 8.71. The molecule has 0 aliphatic rings. The number of anilines is 4. The number of carbonyl (C=O) groups excluding carboxylic acids is 2. The zero-order valence-corrected chi connectivity index (χ0v) is 22.8.